The molecule has 0 radical (unpaired) electrons. The lowest BCUT2D eigenvalue weighted by atomic mass is 10.2. The number of ether oxygens (including phenoxy) is 1. The number of rotatable bonds is 5. The molecule has 1 aromatic heterocycles. The van der Waals surface area contributed by atoms with E-state index in [9.17, 15) is 9.59 Å². The quantitative estimate of drug-likeness (QED) is 0.716. The molecule has 0 fully saturated rings. The summed E-state index contributed by atoms with van der Waals surface area (Å²) in [4.78, 5) is 28.5. The van der Waals surface area contributed by atoms with E-state index in [1.807, 2.05) is 55.5 Å². The Morgan fingerprint density at radius 1 is 1.19 bits per heavy atom. The average Bonchev–Trinajstić information content (AvgIpc) is 3.02. The molecule has 0 aliphatic rings. The van der Waals surface area contributed by atoms with Crippen LogP contribution < -0.4 is 10.6 Å². The van der Waals surface area contributed by atoms with E-state index in [1.165, 1.54) is 11.3 Å². The van der Waals surface area contributed by atoms with E-state index in [0.29, 0.717) is 5.13 Å². The van der Waals surface area contributed by atoms with Crippen molar-refractivity contribution in [2.75, 3.05) is 5.32 Å². The first-order chi connectivity index (χ1) is 12.5. The molecule has 0 saturated carbocycles. The molecule has 7 heteroatoms. The first kappa shape index (κ1) is 17.9. The van der Waals surface area contributed by atoms with Crippen LogP contribution in [0.2, 0.25) is 0 Å². The summed E-state index contributed by atoms with van der Waals surface area (Å²) in [5.41, 5.74) is 2.85. The molecule has 2 aromatic carbocycles. The van der Waals surface area contributed by atoms with Gasteiger partial charge in [-0.05, 0) is 37.1 Å². The number of aryl methyl sites for hydroxylation is 1. The molecule has 1 heterocycles. The molecule has 0 aliphatic carbocycles. The van der Waals surface area contributed by atoms with Crippen molar-refractivity contribution in [2.24, 2.45) is 0 Å². The number of fused-ring (bicyclic) bond motifs is 1. The standard InChI is InChI=1S/C19H19N3O3S/c1-12-8-9-15-16(10-12)26-18(21-15)22-17(23)13(2)20-19(24)25-11-14-6-4-3-5-7-14/h3-10,13H,11H2,1-2H3,(H,20,24)(H,21,22,23)/t13-/m1/s1. The lowest BCUT2D eigenvalue weighted by Crippen LogP contribution is -2.41. The Hall–Kier alpha value is -2.93. The lowest BCUT2D eigenvalue weighted by Gasteiger charge is -2.13. The molecule has 134 valence electrons. The minimum atomic E-state index is -0.743. The van der Waals surface area contributed by atoms with E-state index >= 15 is 0 Å². The Balaban J connectivity index is 1.52. The maximum absolute atomic E-state index is 12.3. The van der Waals surface area contributed by atoms with Gasteiger partial charge in [-0.3, -0.25) is 4.79 Å². The Kier molecular flexibility index (Phi) is 5.48. The van der Waals surface area contributed by atoms with Crippen LogP contribution in [-0.2, 0) is 16.1 Å². The topological polar surface area (TPSA) is 80.3 Å². The zero-order valence-electron chi connectivity index (χ0n) is 14.5. The Labute approximate surface area is 155 Å². The van der Waals surface area contributed by atoms with E-state index in [0.717, 1.165) is 21.3 Å². The van der Waals surface area contributed by atoms with Crippen molar-refractivity contribution < 1.29 is 14.3 Å². The third-order valence-electron chi connectivity index (χ3n) is 3.71. The fourth-order valence-corrected chi connectivity index (χ4v) is 3.27. The number of amides is 2. The molecule has 2 N–H and O–H groups in total. The van der Waals surface area contributed by atoms with Gasteiger partial charge in [0.2, 0.25) is 5.91 Å². The highest BCUT2D eigenvalue weighted by Gasteiger charge is 2.18. The number of carbonyl (C=O) groups is 2. The smallest absolute Gasteiger partial charge is 0.408 e. The summed E-state index contributed by atoms with van der Waals surface area (Å²) < 4.78 is 6.12. The molecule has 0 spiro atoms. The zero-order valence-corrected chi connectivity index (χ0v) is 15.3. The molecule has 6 nitrogen and oxygen atoms in total. The normalized spacial score (nSPS) is 11.8. The Morgan fingerprint density at radius 3 is 2.73 bits per heavy atom. The van der Waals surface area contributed by atoms with Gasteiger partial charge in [-0.1, -0.05) is 47.7 Å². The van der Waals surface area contributed by atoms with Crippen molar-refractivity contribution >= 4 is 38.7 Å². The van der Waals surface area contributed by atoms with Gasteiger partial charge in [-0.2, -0.15) is 0 Å². The maximum atomic E-state index is 12.3. The van der Waals surface area contributed by atoms with Crippen LogP contribution >= 0.6 is 11.3 Å². The number of alkyl carbamates (subject to hydrolysis) is 1. The van der Waals surface area contributed by atoms with E-state index in [4.69, 9.17) is 4.74 Å². The average molecular weight is 369 g/mol. The van der Waals surface area contributed by atoms with Crippen molar-refractivity contribution in [3.05, 3.63) is 59.7 Å². The molecule has 2 amide bonds. The first-order valence-electron chi connectivity index (χ1n) is 8.16. The number of aromatic nitrogens is 1. The van der Waals surface area contributed by atoms with Crippen molar-refractivity contribution in [1.82, 2.24) is 10.3 Å². The van der Waals surface area contributed by atoms with Crippen LogP contribution in [0.15, 0.2) is 48.5 Å². The highest BCUT2D eigenvalue weighted by molar-refractivity contribution is 7.22. The van der Waals surface area contributed by atoms with Crippen LogP contribution in [0.1, 0.15) is 18.1 Å². The van der Waals surface area contributed by atoms with Gasteiger partial charge in [0, 0.05) is 0 Å². The maximum Gasteiger partial charge on any atom is 0.408 e. The van der Waals surface area contributed by atoms with Crippen molar-refractivity contribution in [1.29, 1.82) is 0 Å². The van der Waals surface area contributed by atoms with Crippen LogP contribution in [0.5, 0.6) is 0 Å². The molecular weight excluding hydrogens is 350 g/mol. The number of hydrogen-bond donors (Lipinski definition) is 2. The molecule has 3 aromatic rings. The van der Waals surface area contributed by atoms with Crippen molar-refractivity contribution in [3.8, 4) is 0 Å². The van der Waals surface area contributed by atoms with Crippen molar-refractivity contribution in [2.45, 2.75) is 26.5 Å². The van der Waals surface area contributed by atoms with Crippen LogP contribution in [0, 0.1) is 6.92 Å². The second-order valence-corrected chi connectivity index (χ2v) is 6.94. The number of anilines is 1. The fourth-order valence-electron chi connectivity index (χ4n) is 2.31. The minimum Gasteiger partial charge on any atom is -0.445 e. The Bertz CT molecular complexity index is 924. The van der Waals surface area contributed by atoms with Gasteiger partial charge in [0.1, 0.15) is 12.6 Å². The molecule has 0 aliphatic heterocycles. The Morgan fingerprint density at radius 2 is 1.96 bits per heavy atom. The predicted molar refractivity (Wildman–Crippen MR) is 102 cm³/mol. The monoisotopic (exact) mass is 369 g/mol. The molecule has 1 atom stereocenters. The summed E-state index contributed by atoms with van der Waals surface area (Å²) >= 11 is 1.40. The van der Waals surface area contributed by atoms with Crippen molar-refractivity contribution in [3.63, 3.8) is 0 Å². The second-order valence-electron chi connectivity index (χ2n) is 5.91. The highest BCUT2D eigenvalue weighted by atomic mass is 32.1. The van der Waals surface area contributed by atoms with Gasteiger partial charge in [-0.25, -0.2) is 9.78 Å². The zero-order chi connectivity index (χ0) is 18.5. The van der Waals surface area contributed by atoms with Crippen LogP contribution in [0.4, 0.5) is 9.93 Å². The lowest BCUT2D eigenvalue weighted by molar-refractivity contribution is -0.117. The molecule has 0 bridgehead atoms. The third kappa shape index (κ3) is 4.58. The van der Waals surface area contributed by atoms with Gasteiger partial charge in [0.15, 0.2) is 5.13 Å². The predicted octanol–water partition coefficient (Wildman–Crippen LogP) is 3.86. The number of thiazole rings is 1. The van der Waals surface area contributed by atoms with Gasteiger partial charge in [-0.15, -0.1) is 0 Å². The van der Waals surface area contributed by atoms with Gasteiger partial charge < -0.3 is 15.4 Å². The minimum absolute atomic E-state index is 0.151. The number of nitrogens with zero attached hydrogens (tertiary/aromatic N) is 1. The summed E-state index contributed by atoms with van der Waals surface area (Å²) in [6.45, 7) is 3.75. The SMILES string of the molecule is Cc1ccc2nc(NC(=O)[C@@H](C)NC(=O)OCc3ccccc3)sc2c1. The molecule has 0 saturated heterocycles. The highest BCUT2D eigenvalue weighted by Crippen LogP contribution is 2.26. The molecule has 0 unspecified atom stereocenters. The summed E-state index contributed by atoms with van der Waals surface area (Å²) in [5.74, 6) is -0.350. The van der Waals surface area contributed by atoms with Crippen LogP contribution in [0.3, 0.4) is 0 Å². The molecular formula is C19H19N3O3S. The van der Waals surface area contributed by atoms with Gasteiger partial charge in [0.05, 0.1) is 10.2 Å². The van der Waals surface area contributed by atoms with E-state index in [2.05, 4.69) is 15.6 Å². The fraction of sp³-hybridized carbons (Fsp3) is 0.211. The summed E-state index contributed by atoms with van der Waals surface area (Å²) in [6.07, 6.45) is -0.642. The first-order valence-corrected chi connectivity index (χ1v) is 8.98. The van der Waals surface area contributed by atoms with Crippen LogP contribution in [-0.4, -0.2) is 23.0 Å². The van der Waals surface area contributed by atoms with E-state index < -0.39 is 12.1 Å². The van der Waals surface area contributed by atoms with Gasteiger partial charge >= 0.3 is 6.09 Å². The number of hydrogen-bond acceptors (Lipinski definition) is 5. The number of carbonyl (C=O) groups excluding carboxylic acids is 2. The van der Waals surface area contributed by atoms with Crippen LogP contribution in [0.25, 0.3) is 10.2 Å². The summed E-state index contributed by atoms with van der Waals surface area (Å²) in [5, 5.41) is 5.75. The third-order valence-corrected chi connectivity index (χ3v) is 4.65. The number of benzene rings is 2. The molecule has 3 rings (SSSR count). The number of nitrogens with one attached hydrogen (secondary N) is 2. The second kappa shape index (κ2) is 7.97. The van der Waals surface area contributed by atoms with Gasteiger partial charge in [0.25, 0.3) is 0 Å². The largest absolute Gasteiger partial charge is 0.445 e. The van der Waals surface area contributed by atoms with E-state index in [1.54, 1.807) is 6.92 Å². The summed E-state index contributed by atoms with van der Waals surface area (Å²) in [7, 11) is 0. The summed E-state index contributed by atoms with van der Waals surface area (Å²) in [6, 6.07) is 14.5. The van der Waals surface area contributed by atoms with E-state index in [-0.39, 0.29) is 12.5 Å². The molecule has 26 heavy (non-hydrogen) atoms.